The second-order valence-corrected chi connectivity index (χ2v) is 11.1. The number of ether oxygens (including phenoxy) is 1. The Morgan fingerprint density at radius 1 is 1.17 bits per heavy atom. The first-order valence-electron chi connectivity index (χ1n) is 8.36. The maximum absolute atomic E-state index is 12.4. The minimum atomic E-state index is -5.22. The average molecular weight is 487 g/mol. The van der Waals surface area contributed by atoms with Gasteiger partial charge in [0, 0.05) is 11.5 Å². The Hall–Kier alpha value is -2.06. The number of nitrogens with one attached hydrogen (secondary N) is 1. The Balaban J connectivity index is 2.59. The Bertz CT molecular complexity index is 955. The van der Waals surface area contributed by atoms with E-state index in [0.717, 1.165) is 36.0 Å². The quantitative estimate of drug-likeness (QED) is 0.369. The van der Waals surface area contributed by atoms with E-state index in [2.05, 4.69) is 9.50 Å². The summed E-state index contributed by atoms with van der Waals surface area (Å²) in [5.41, 5.74) is -0.802. The fraction of sp³-hybridized carbons (Fsp3) is 0.500. The Morgan fingerprint density at radius 3 is 2.20 bits per heavy atom. The molecule has 0 spiro atoms. The van der Waals surface area contributed by atoms with Crippen molar-refractivity contribution >= 4 is 44.2 Å². The number of rotatable bonds is 10. The van der Waals surface area contributed by atoms with Gasteiger partial charge in [-0.2, -0.15) is 20.2 Å². The van der Waals surface area contributed by atoms with E-state index in [1.165, 1.54) is 0 Å². The van der Waals surface area contributed by atoms with Crippen LogP contribution < -0.4 is 9.50 Å². The number of thioether (sulfide) groups is 1. The van der Waals surface area contributed by atoms with Gasteiger partial charge >= 0.3 is 22.6 Å². The number of halogens is 1. The van der Waals surface area contributed by atoms with Crippen LogP contribution in [0.4, 0.5) is 8.68 Å². The van der Waals surface area contributed by atoms with Crippen LogP contribution in [0.15, 0.2) is 29.2 Å². The van der Waals surface area contributed by atoms with Crippen LogP contribution in [0.5, 0.6) is 5.75 Å². The van der Waals surface area contributed by atoms with Crippen LogP contribution in [0.25, 0.3) is 0 Å². The molecule has 1 aromatic rings. The molecule has 0 heterocycles. The van der Waals surface area contributed by atoms with Gasteiger partial charge in [0.2, 0.25) is 0 Å². The predicted molar refractivity (Wildman–Crippen MR) is 107 cm³/mol. The molecule has 0 aliphatic heterocycles. The van der Waals surface area contributed by atoms with E-state index >= 15 is 0 Å². The number of benzene rings is 1. The molecule has 0 aromatic heterocycles. The number of hydrogen-bond acceptors (Lipinski definition) is 9. The fourth-order valence-electron chi connectivity index (χ4n) is 1.93. The molecule has 10 nitrogen and oxygen atoms in total. The highest BCUT2D eigenvalue weighted by atomic mass is 32.3. The van der Waals surface area contributed by atoms with E-state index in [-0.39, 0.29) is 27.9 Å². The zero-order valence-corrected chi connectivity index (χ0v) is 18.8. The molecule has 2 N–H and O–H groups in total. The molecule has 1 amide bonds. The van der Waals surface area contributed by atoms with Crippen LogP contribution >= 0.6 is 11.8 Å². The van der Waals surface area contributed by atoms with Gasteiger partial charge in [0.1, 0.15) is 17.4 Å². The maximum atomic E-state index is 12.4. The number of hydrogen-bond donors (Lipinski definition) is 2. The SMILES string of the molecule is CC(C)(C)OC(=O)N[C@@H](CSCCS(=O)(=O)c1ccc(OS(=O)(=O)[18F])cc1)C(=O)O. The lowest BCUT2D eigenvalue weighted by molar-refractivity contribution is -0.138. The summed E-state index contributed by atoms with van der Waals surface area (Å²) in [6.07, 6.45) is -0.902. The standard InChI is InChI=1S/C16H22FNO9S3/c1-16(2,3)26-15(21)18-13(14(19)20)10-28-8-9-29(22,23)12-6-4-11(5-7-12)27-30(17,24)25/h4-7,13H,8-10H2,1-3H3,(H,18,21)(H,19,20)/t13-/m0/s1/i17-1. The number of carbonyl (C=O) groups excluding carboxylic acids is 1. The van der Waals surface area contributed by atoms with Crippen molar-refractivity contribution in [2.24, 2.45) is 0 Å². The second-order valence-electron chi connectivity index (χ2n) is 6.88. The highest BCUT2D eigenvalue weighted by Crippen LogP contribution is 2.20. The van der Waals surface area contributed by atoms with E-state index in [1.54, 1.807) is 20.8 Å². The summed E-state index contributed by atoms with van der Waals surface area (Å²) >= 11 is 0.998. The van der Waals surface area contributed by atoms with Crippen molar-refractivity contribution in [2.45, 2.75) is 37.3 Å². The summed E-state index contributed by atoms with van der Waals surface area (Å²) in [4.78, 5) is 22.8. The topological polar surface area (TPSA) is 153 Å². The molecule has 0 fully saturated rings. The largest absolute Gasteiger partial charge is 0.488 e. The molecule has 1 atom stereocenters. The van der Waals surface area contributed by atoms with Crippen molar-refractivity contribution < 1.29 is 44.3 Å². The van der Waals surface area contributed by atoms with Gasteiger partial charge in [0.05, 0.1) is 10.6 Å². The molecule has 0 radical (unpaired) electrons. The Kier molecular flexibility index (Phi) is 8.92. The molecule has 0 aliphatic carbocycles. The summed E-state index contributed by atoms with van der Waals surface area (Å²) < 4.78 is 66.8. The highest BCUT2D eigenvalue weighted by Gasteiger charge is 2.24. The van der Waals surface area contributed by atoms with E-state index < -0.39 is 44.0 Å². The van der Waals surface area contributed by atoms with Crippen molar-refractivity contribution in [1.29, 1.82) is 0 Å². The number of aliphatic carboxylic acids is 1. The summed E-state index contributed by atoms with van der Waals surface area (Å²) in [5.74, 6) is -2.10. The molecule has 14 heteroatoms. The fourth-order valence-corrected chi connectivity index (χ4v) is 5.03. The number of carboxylic acids is 1. The monoisotopic (exact) mass is 486 g/mol. The normalized spacial score (nSPS) is 13.3. The lowest BCUT2D eigenvalue weighted by Gasteiger charge is -2.21. The van der Waals surface area contributed by atoms with E-state index in [9.17, 15) is 35.4 Å². The smallest absolute Gasteiger partial charge is 0.480 e. The van der Waals surface area contributed by atoms with Gasteiger partial charge in [0.25, 0.3) is 0 Å². The molecule has 0 unspecified atom stereocenters. The number of sulfone groups is 1. The van der Waals surface area contributed by atoms with Crippen LogP contribution in [0, 0.1) is 0 Å². The maximum Gasteiger partial charge on any atom is 0.488 e. The van der Waals surface area contributed by atoms with Gasteiger partial charge in [-0.15, -0.1) is 0 Å². The molecule has 170 valence electrons. The first-order chi connectivity index (χ1) is 13.6. The van der Waals surface area contributed by atoms with Crippen LogP contribution in [-0.2, 0) is 29.9 Å². The lowest BCUT2D eigenvalue weighted by Crippen LogP contribution is -2.45. The summed E-state index contributed by atoms with van der Waals surface area (Å²) in [6.45, 7) is 4.87. The third-order valence-electron chi connectivity index (χ3n) is 3.15. The van der Waals surface area contributed by atoms with Crippen LogP contribution in [0.1, 0.15) is 20.8 Å². The van der Waals surface area contributed by atoms with Crippen molar-refractivity contribution in [2.75, 3.05) is 17.3 Å². The van der Waals surface area contributed by atoms with Crippen LogP contribution in [0.3, 0.4) is 0 Å². The zero-order chi connectivity index (χ0) is 23.2. The Labute approximate surface area is 178 Å². The summed E-state index contributed by atoms with van der Waals surface area (Å²) in [6, 6.07) is 2.83. The van der Waals surface area contributed by atoms with Crippen molar-refractivity contribution in [1.82, 2.24) is 5.32 Å². The molecule has 0 saturated carbocycles. The van der Waals surface area contributed by atoms with Gasteiger partial charge in [0.15, 0.2) is 9.84 Å². The van der Waals surface area contributed by atoms with E-state index in [0.29, 0.717) is 0 Å². The van der Waals surface area contributed by atoms with Gasteiger partial charge in [-0.3, -0.25) is 0 Å². The van der Waals surface area contributed by atoms with Gasteiger partial charge in [-0.25, -0.2) is 18.0 Å². The van der Waals surface area contributed by atoms with Crippen molar-refractivity contribution in [3.05, 3.63) is 24.3 Å². The minimum absolute atomic E-state index is 0.0270. The van der Waals surface area contributed by atoms with Gasteiger partial charge < -0.3 is 19.3 Å². The number of alkyl carbamates (subject to hydrolysis) is 1. The molecule has 0 saturated heterocycles. The van der Waals surface area contributed by atoms with E-state index in [1.807, 2.05) is 0 Å². The van der Waals surface area contributed by atoms with Gasteiger partial charge in [-0.05, 0) is 45.0 Å². The van der Waals surface area contributed by atoms with E-state index in [4.69, 9.17) is 4.74 Å². The van der Waals surface area contributed by atoms with Crippen LogP contribution in [0.2, 0.25) is 0 Å². The first kappa shape index (κ1) is 26.0. The summed E-state index contributed by atoms with van der Waals surface area (Å²) in [7, 11) is -8.98. The number of carbonyl (C=O) groups is 2. The molecular formula is C16H22FNO9S3. The minimum Gasteiger partial charge on any atom is -0.480 e. The first-order valence-corrected chi connectivity index (χ1v) is 12.5. The molecule has 0 bridgehead atoms. The number of amides is 1. The van der Waals surface area contributed by atoms with Crippen LogP contribution in [-0.4, -0.2) is 62.9 Å². The lowest BCUT2D eigenvalue weighted by atomic mass is 10.2. The third kappa shape index (κ3) is 10.1. The Morgan fingerprint density at radius 2 is 1.73 bits per heavy atom. The third-order valence-corrected chi connectivity index (χ3v) is 6.59. The molecule has 1 rings (SSSR count). The highest BCUT2D eigenvalue weighted by molar-refractivity contribution is 8.00. The zero-order valence-electron chi connectivity index (χ0n) is 16.3. The summed E-state index contributed by atoms with van der Waals surface area (Å²) in [5, 5.41) is 11.4. The average Bonchev–Trinajstić information content (AvgIpc) is 2.54. The molecular weight excluding hydrogens is 464 g/mol. The van der Waals surface area contributed by atoms with Crippen molar-refractivity contribution in [3.63, 3.8) is 0 Å². The van der Waals surface area contributed by atoms with Crippen molar-refractivity contribution in [3.8, 4) is 5.75 Å². The molecule has 1 aromatic carbocycles. The number of carboxylic acid groups (broad SMARTS) is 1. The molecule has 30 heavy (non-hydrogen) atoms. The van der Waals surface area contributed by atoms with Gasteiger partial charge in [-0.1, -0.05) is 3.89 Å². The molecule has 0 aliphatic rings. The predicted octanol–water partition coefficient (Wildman–Crippen LogP) is 1.76. The second kappa shape index (κ2) is 10.3.